The van der Waals surface area contributed by atoms with E-state index in [1.165, 1.54) is 6.33 Å². The number of alkyl halides is 3. The first-order valence-electron chi connectivity index (χ1n) is 7.89. The Labute approximate surface area is 148 Å². The molecule has 0 atom stereocenters. The second-order valence-corrected chi connectivity index (χ2v) is 7.78. The standard InChI is InChI=1S/C15H18F3N5O2S/c1-9-4-11(15(16,17)18)13-12(5-9)20-8-21-14(13)23-6-10(7-23)2-3-22-26(19,24)25/h4-5,8,10,22H,2-3,6-7H2,1H3,(H2,19,24,25). The van der Waals surface area contributed by atoms with E-state index in [4.69, 9.17) is 5.14 Å². The summed E-state index contributed by atoms with van der Waals surface area (Å²) in [5.41, 5.74) is -0.0193. The molecule has 2 aromatic rings. The monoisotopic (exact) mass is 389 g/mol. The highest BCUT2D eigenvalue weighted by Crippen LogP contribution is 2.40. The highest BCUT2D eigenvalue weighted by Gasteiger charge is 2.36. The van der Waals surface area contributed by atoms with Gasteiger partial charge in [-0.2, -0.15) is 21.6 Å². The number of nitrogens with one attached hydrogen (secondary N) is 1. The Kier molecular flexibility index (Phi) is 4.80. The number of nitrogens with zero attached hydrogens (tertiary/aromatic N) is 3. The van der Waals surface area contributed by atoms with Crippen molar-refractivity contribution in [3.63, 3.8) is 0 Å². The van der Waals surface area contributed by atoms with E-state index in [1.54, 1.807) is 17.9 Å². The summed E-state index contributed by atoms with van der Waals surface area (Å²) in [7, 11) is -3.73. The molecule has 0 radical (unpaired) electrons. The Hall–Kier alpha value is -1.98. The summed E-state index contributed by atoms with van der Waals surface area (Å²) in [4.78, 5) is 9.80. The van der Waals surface area contributed by atoms with E-state index >= 15 is 0 Å². The van der Waals surface area contributed by atoms with Gasteiger partial charge in [0.05, 0.1) is 16.5 Å². The van der Waals surface area contributed by atoms with Gasteiger partial charge in [0.1, 0.15) is 12.1 Å². The van der Waals surface area contributed by atoms with Crippen LogP contribution in [0.4, 0.5) is 19.0 Å². The molecule has 2 heterocycles. The number of nitrogens with two attached hydrogens (primary N) is 1. The fraction of sp³-hybridized carbons (Fsp3) is 0.467. The number of benzene rings is 1. The van der Waals surface area contributed by atoms with Crippen LogP contribution >= 0.6 is 0 Å². The molecular formula is C15H18F3N5O2S. The van der Waals surface area contributed by atoms with Crippen molar-refractivity contribution in [3.05, 3.63) is 29.6 Å². The van der Waals surface area contributed by atoms with Crippen molar-refractivity contribution >= 4 is 26.9 Å². The lowest BCUT2D eigenvalue weighted by molar-refractivity contribution is -0.136. The molecule has 11 heteroatoms. The fourth-order valence-electron chi connectivity index (χ4n) is 3.11. The van der Waals surface area contributed by atoms with Crippen LogP contribution in [-0.4, -0.2) is 38.0 Å². The van der Waals surface area contributed by atoms with Crippen molar-refractivity contribution in [2.24, 2.45) is 11.1 Å². The minimum Gasteiger partial charge on any atom is -0.355 e. The van der Waals surface area contributed by atoms with Crippen molar-refractivity contribution < 1.29 is 21.6 Å². The molecule has 142 valence electrons. The molecule has 0 aliphatic carbocycles. The molecule has 1 fully saturated rings. The quantitative estimate of drug-likeness (QED) is 0.809. The Bertz CT molecular complexity index is 927. The van der Waals surface area contributed by atoms with E-state index in [9.17, 15) is 21.6 Å². The SMILES string of the molecule is Cc1cc(C(F)(F)F)c2c(N3CC(CCNS(N)(=O)=O)C3)ncnc2c1. The van der Waals surface area contributed by atoms with Crippen LogP contribution < -0.4 is 14.8 Å². The molecule has 0 amide bonds. The van der Waals surface area contributed by atoms with Crippen LogP contribution in [0, 0.1) is 12.8 Å². The third kappa shape index (κ3) is 4.05. The number of aromatic nitrogens is 2. The van der Waals surface area contributed by atoms with Crippen LogP contribution in [0.3, 0.4) is 0 Å². The van der Waals surface area contributed by atoms with Crippen molar-refractivity contribution in [2.45, 2.75) is 19.5 Å². The van der Waals surface area contributed by atoms with Crippen LogP contribution in [0.5, 0.6) is 0 Å². The average Bonchev–Trinajstić information content (AvgIpc) is 2.46. The van der Waals surface area contributed by atoms with Crippen LogP contribution in [-0.2, 0) is 16.4 Å². The minimum atomic E-state index is -4.51. The summed E-state index contributed by atoms with van der Waals surface area (Å²) < 4.78 is 64.3. The second-order valence-electron chi connectivity index (χ2n) is 6.40. The third-order valence-electron chi connectivity index (χ3n) is 4.28. The van der Waals surface area contributed by atoms with E-state index in [0.717, 1.165) is 6.07 Å². The van der Waals surface area contributed by atoms with Gasteiger partial charge in [0.25, 0.3) is 10.2 Å². The molecule has 3 N–H and O–H groups in total. The predicted molar refractivity (Wildman–Crippen MR) is 90.7 cm³/mol. The molecule has 1 aromatic heterocycles. The number of aryl methyl sites for hydroxylation is 1. The maximum Gasteiger partial charge on any atom is 0.417 e. The topological polar surface area (TPSA) is 101 Å². The summed E-state index contributed by atoms with van der Waals surface area (Å²) >= 11 is 0. The molecular weight excluding hydrogens is 371 g/mol. The van der Waals surface area contributed by atoms with E-state index in [2.05, 4.69) is 14.7 Å². The number of halogens is 3. The maximum atomic E-state index is 13.5. The second kappa shape index (κ2) is 6.63. The summed E-state index contributed by atoms with van der Waals surface area (Å²) in [5.74, 6) is 0.395. The summed E-state index contributed by atoms with van der Waals surface area (Å²) in [6, 6.07) is 2.70. The molecule has 3 rings (SSSR count). The van der Waals surface area contributed by atoms with Gasteiger partial charge in [-0.25, -0.2) is 19.8 Å². The highest BCUT2D eigenvalue weighted by atomic mass is 32.2. The van der Waals surface area contributed by atoms with Gasteiger partial charge in [-0.1, -0.05) is 0 Å². The predicted octanol–water partition coefficient (Wildman–Crippen LogP) is 1.58. The smallest absolute Gasteiger partial charge is 0.355 e. The summed E-state index contributed by atoms with van der Waals surface area (Å²) in [5, 5.41) is 4.85. The normalized spacial score (nSPS) is 16.1. The molecule has 0 bridgehead atoms. The molecule has 1 saturated heterocycles. The van der Waals surface area contributed by atoms with Gasteiger partial charge in [-0.15, -0.1) is 0 Å². The van der Waals surface area contributed by atoms with Gasteiger partial charge in [0.2, 0.25) is 0 Å². The Morgan fingerprint density at radius 2 is 2.00 bits per heavy atom. The number of hydrogen-bond donors (Lipinski definition) is 2. The van der Waals surface area contributed by atoms with Crippen LogP contribution in [0.1, 0.15) is 17.5 Å². The van der Waals surface area contributed by atoms with E-state index in [-0.39, 0.29) is 29.2 Å². The lowest BCUT2D eigenvalue weighted by atomic mass is 9.95. The zero-order valence-electron chi connectivity index (χ0n) is 13.9. The zero-order chi connectivity index (χ0) is 19.1. The minimum absolute atomic E-state index is 0.00768. The highest BCUT2D eigenvalue weighted by molar-refractivity contribution is 7.87. The number of hydrogen-bond acceptors (Lipinski definition) is 5. The summed E-state index contributed by atoms with van der Waals surface area (Å²) in [6.45, 7) is 2.76. The number of anilines is 1. The molecule has 1 aromatic carbocycles. The molecule has 0 saturated carbocycles. The van der Waals surface area contributed by atoms with E-state index in [0.29, 0.717) is 25.1 Å². The van der Waals surface area contributed by atoms with Gasteiger partial charge in [0.15, 0.2) is 0 Å². The molecule has 26 heavy (non-hydrogen) atoms. The van der Waals surface area contributed by atoms with Gasteiger partial charge in [0, 0.05) is 19.6 Å². The molecule has 0 spiro atoms. The first kappa shape index (κ1) is 18.8. The van der Waals surface area contributed by atoms with Gasteiger partial charge >= 0.3 is 6.18 Å². The first-order chi connectivity index (χ1) is 12.0. The average molecular weight is 389 g/mol. The van der Waals surface area contributed by atoms with E-state index in [1.807, 2.05) is 0 Å². The van der Waals surface area contributed by atoms with Crippen LogP contribution in [0.15, 0.2) is 18.5 Å². The maximum absolute atomic E-state index is 13.5. The van der Waals surface area contributed by atoms with Gasteiger partial charge < -0.3 is 4.90 Å². The number of rotatable bonds is 5. The van der Waals surface area contributed by atoms with Crippen molar-refractivity contribution in [3.8, 4) is 0 Å². The molecule has 7 nitrogen and oxygen atoms in total. The van der Waals surface area contributed by atoms with E-state index < -0.39 is 21.9 Å². The Balaban J connectivity index is 1.82. The Morgan fingerprint density at radius 3 is 2.62 bits per heavy atom. The van der Waals surface area contributed by atoms with Gasteiger partial charge in [-0.3, -0.25) is 0 Å². The first-order valence-corrected chi connectivity index (χ1v) is 9.44. The number of fused-ring (bicyclic) bond motifs is 1. The molecule has 0 unspecified atom stereocenters. The van der Waals surface area contributed by atoms with Crippen LogP contribution in [0.2, 0.25) is 0 Å². The van der Waals surface area contributed by atoms with Gasteiger partial charge in [-0.05, 0) is 37.0 Å². The lowest BCUT2D eigenvalue weighted by Crippen LogP contribution is -2.48. The summed E-state index contributed by atoms with van der Waals surface area (Å²) in [6.07, 6.45) is -2.71. The lowest BCUT2D eigenvalue weighted by Gasteiger charge is -2.41. The Morgan fingerprint density at radius 1 is 1.31 bits per heavy atom. The third-order valence-corrected chi connectivity index (χ3v) is 4.89. The van der Waals surface area contributed by atoms with Crippen molar-refractivity contribution in [1.82, 2.24) is 14.7 Å². The largest absolute Gasteiger partial charge is 0.417 e. The molecule has 1 aliphatic heterocycles. The fourth-order valence-corrected chi connectivity index (χ4v) is 3.51. The van der Waals surface area contributed by atoms with Crippen molar-refractivity contribution in [1.29, 1.82) is 0 Å². The molecule has 1 aliphatic rings. The zero-order valence-corrected chi connectivity index (χ0v) is 14.7. The van der Waals surface area contributed by atoms with Crippen molar-refractivity contribution in [2.75, 3.05) is 24.5 Å². The van der Waals surface area contributed by atoms with Crippen LogP contribution in [0.25, 0.3) is 10.9 Å².